The number of urea groups is 1. The third kappa shape index (κ3) is 4.58. The van der Waals surface area contributed by atoms with E-state index in [1.807, 2.05) is 31.2 Å². The molecule has 2 rings (SSSR count). The molecule has 0 aromatic heterocycles. The van der Waals surface area contributed by atoms with Crippen LogP contribution in [0.4, 0.5) is 4.79 Å². The van der Waals surface area contributed by atoms with Crippen molar-refractivity contribution in [3.05, 3.63) is 35.4 Å². The van der Waals surface area contributed by atoms with Crippen molar-refractivity contribution >= 4 is 29.5 Å². The fourth-order valence-electron chi connectivity index (χ4n) is 2.60. The second-order valence-corrected chi connectivity index (χ2v) is 6.83. The highest BCUT2D eigenvalue weighted by Gasteiger charge is 2.37. The van der Waals surface area contributed by atoms with Crippen molar-refractivity contribution in [2.75, 3.05) is 18.1 Å². The van der Waals surface area contributed by atoms with Gasteiger partial charge in [0.25, 0.3) is 0 Å². The predicted molar refractivity (Wildman–Crippen MR) is 93.0 cm³/mol. The van der Waals surface area contributed by atoms with Gasteiger partial charge >= 0.3 is 12.0 Å². The number of ether oxygens (including phenoxy) is 1. The maximum absolute atomic E-state index is 12.5. The molecule has 0 radical (unpaired) electrons. The van der Waals surface area contributed by atoms with E-state index in [4.69, 9.17) is 4.74 Å². The first kappa shape index (κ1) is 17.5. The van der Waals surface area contributed by atoms with Crippen molar-refractivity contribution in [2.24, 2.45) is 10.9 Å². The maximum Gasteiger partial charge on any atom is 0.341 e. The van der Waals surface area contributed by atoms with Gasteiger partial charge in [-0.15, -0.1) is 0 Å². The number of nitrogens with one attached hydrogen (secondary N) is 1. The number of benzene rings is 1. The summed E-state index contributed by atoms with van der Waals surface area (Å²) < 4.78 is 5.38. The van der Waals surface area contributed by atoms with Crippen LogP contribution in [0.15, 0.2) is 29.3 Å². The Balaban J connectivity index is 2.19. The van der Waals surface area contributed by atoms with Gasteiger partial charge in [-0.25, -0.2) is 9.79 Å². The average molecular weight is 334 g/mol. The molecule has 0 spiro atoms. The monoisotopic (exact) mass is 334 g/mol. The zero-order chi connectivity index (χ0) is 16.8. The SMILES string of the molecule is CCSCCOC(=O)C1C(C)=NC(=O)NC1c1cccc(C)c1. The molecule has 0 saturated heterocycles. The first-order valence-corrected chi connectivity index (χ1v) is 8.85. The van der Waals surface area contributed by atoms with Crippen molar-refractivity contribution in [3.63, 3.8) is 0 Å². The predicted octanol–water partition coefficient (Wildman–Crippen LogP) is 3.13. The van der Waals surface area contributed by atoms with E-state index < -0.39 is 18.0 Å². The molecule has 0 fully saturated rings. The zero-order valence-corrected chi connectivity index (χ0v) is 14.5. The Hall–Kier alpha value is -1.82. The van der Waals surface area contributed by atoms with E-state index in [0.717, 1.165) is 22.6 Å². The number of carbonyl (C=O) groups excluding carboxylic acids is 2. The lowest BCUT2D eigenvalue weighted by Crippen LogP contribution is -2.44. The van der Waals surface area contributed by atoms with Crippen LogP contribution in [0, 0.1) is 12.8 Å². The third-order valence-corrected chi connectivity index (χ3v) is 4.54. The molecule has 2 atom stereocenters. The first-order valence-electron chi connectivity index (χ1n) is 7.69. The highest BCUT2D eigenvalue weighted by atomic mass is 32.2. The molecule has 23 heavy (non-hydrogen) atoms. The molecule has 1 heterocycles. The molecule has 1 aromatic carbocycles. The molecule has 2 unspecified atom stereocenters. The fourth-order valence-corrected chi connectivity index (χ4v) is 3.09. The minimum absolute atomic E-state index is 0.338. The van der Waals surface area contributed by atoms with Gasteiger partial charge in [-0.2, -0.15) is 11.8 Å². The lowest BCUT2D eigenvalue weighted by Gasteiger charge is -2.29. The number of hydrogen-bond donors (Lipinski definition) is 1. The smallest absolute Gasteiger partial charge is 0.341 e. The molecule has 124 valence electrons. The zero-order valence-electron chi connectivity index (χ0n) is 13.7. The number of thioether (sulfide) groups is 1. The Bertz CT molecular complexity index is 616. The minimum Gasteiger partial charge on any atom is -0.464 e. The molecule has 1 aliphatic rings. The van der Waals surface area contributed by atoms with Gasteiger partial charge in [-0.05, 0) is 25.2 Å². The number of nitrogens with zero attached hydrogens (tertiary/aromatic N) is 1. The maximum atomic E-state index is 12.5. The standard InChI is InChI=1S/C17H22N2O3S/c1-4-23-9-8-22-16(20)14-12(3)18-17(21)19-15(14)13-7-5-6-11(2)10-13/h5-7,10,14-15H,4,8-9H2,1-3H3,(H,19,21). The van der Waals surface area contributed by atoms with Gasteiger partial charge in [0.1, 0.15) is 12.5 Å². The summed E-state index contributed by atoms with van der Waals surface area (Å²) in [6, 6.07) is 6.91. The second kappa shape index (κ2) is 8.15. The molecule has 5 nitrogen and oxygen atoms in total. The normalized spacial score (nSPS) is 20.7. The summed E-state index contributed by atoms with van der Waals surface area (Å²) in [5, 5.41) is 2.79. The van der Waals surface area contributed by atoms with E-state index in [1.54, 1.807) is 18.7 Å². The van der Waals surface area contributed by atoms with Gasteiger partial charge in [0.15, 0.2) is 0 Å². The number of esters is 1. The van der Waals surface area contributed by atoms with E-state index in [-0.39, 0.29) is 5.97 Å². The number of aryl methyl sites for hydroxylation is 1. The van der Waals surface area contributed by atoms with Crippen molar-refractivity contribution in [3.8, 4) is 0 Å². The van der Waals surface area contributed by atoms with Gasteiger partial charge in [0, 0.05) is 11.5 Å². The van der Waals surface area contributed by atoms with Crippen LogP contribution in [0.25, 0.3) is 0 Å². The molecule has 0 saturated carbocycles. The molecule has 2 amide bonds. The number of carbonyl (C=O) groups is 2. The molecule has 6 heteroatoms. The number of rotatable bonds is 6. The first-order chi connectivity index (χ1) is 11.0. The number of aliphatic imine (C=N–C) groups is 1. The summed E-state index contributed by atoms with van der Waals surface area (Å²) in [4.78, 5) is 28.1. The summed E-state index contributed by atoms with van der Waals surface area (Å²) in [5.41, 5.74) is 2.45. The molecule has 1 aliphatic heterocycles. The van der Waals surface area contributed by atoms with Gasteiger partial charge in [0.05, 0.1) is 6.04 Å². The van der Waals surface area contributed by atoms with Crippen LogP contribution < -0.4 is 5.32 Å². The largest absolute Gasteiger partial charge is 0.464 e. The Morgan fingerprint density at radius 2 is 2.17 bits per heavy atom. The van der Waals surface area contributed by atoms with Gasteiger partial charge < -0.3 is 10.1 Å². The van der Waals surface area contributed by atoms with Crippen molar-refractivity contribution < 1.29 is 14.3 Å². The average Bonchev–Trinajstić information content (AvgIpc) is 2.50. The molecular formula is C17H22N2O3S. The minimum atomic E-state index is -0.582. The fraction of sp³-hybridized carbons (Fsp3) is 0.471. The van der Waals surface area contributed by atoms with Crippen LogP contribution >= 0.6 is 11.8 Å². The van der Waals surface area contributed by atoms with E-state index in [0.29, 0.717) is 12.3 Å². The Morgan fingerprint density at radius 1 is 1.39 bits per heavy atom. The van der Waals surface area contributed by atoms with Crippen LogP contribution in [0.2, 0.25) is 0 Å². The second-order valence-electron chi connectivity index (χ2n) is 5.44. The number of amides is 2. The van der Waals surface area contributed by atoms with Crippen molar-refractivity contribution in [1.82, 2.24) is 5.32 Å². The lowest BCUT2D eigenvalue weighted by molar-refractivity contribution is -0.146. The van der Waals surface area contributed by atoms with Crippen LogP contribution in [-0.2, 0) is 9.53 Å². The highest BCUT2D eigenvalue weighted by molar-refractivity contribution is 7.99. The van der Waals surface area contributed by atoms with Gasteiger partial charge in [-0.1, -0.05) is 36.8 Å². The molecule has 0 bridgehead atoms. The van der Waals surface area contributed by atoms with Gasteiger partial charge in [0.2, 0.25) is 0 Å². The van der Waals surface area contributed by atoms with Crippen LogP contribution in [0.1, 0.15) is 31.0 Å². The molecule has 0 aliphatic carbocycles. The summed E-state index contributed by atoms with van der Waals surface area (Å²) in [6.45, 7) is 6.11. The summed E-state index contributed by atoms with van der Waals surface area (Å²) in [6.07, 6.45) is 0. The van der Waals surface area contributed by atoms with Crippen LogP contribution in [0.5, 0.6) is 0 Å². The Labute approximate surface area is 140 Å². The molecular weight excluding hydrogens is 312 g/mol. The quantitative estimate of drug-likeness (QED) is 0.641. The van der Waals surface area contributed by atoms with Crippen LogP contribution in [-0.4, -0.2) is 35.8 Å². The summed E-state index contributed by atoms with van der Waals surface area (Å²) in [7, 11) is 0. The summed E-state index contributed by atoms with van der Waals surface area (Å²) in [5.74, 6) is 0.839. The van der Waals surface area contributed by atoms with E-state index >= 15 is 0 Å². The van der Waals surface area contributed by atoms with Gasteiger partial charge in [-0.3, -0.25) is 4.79 Å². The number of hydrogen-bond acceptors (Lipinski definition) is 4. The Kier molecular flexibility index (Phi) is 6.21. The van der Waals surface area contributed by atoms with E-state index in [1.165, 1.54) is 0 Å². The topological polar surface area (TPSA) is 67.8 Å². The van der Waals surface area contributed by atoms with Crippen molar-refractivity contribution in [2.45, 2.75) is 26.8 Å². The van der Waals surface area contributed by atoms with Crippen molar-refractivity contribution in [1.29, 1.82) is 0 Å². The molecule has 1 aromatic rings. The molecule has 1 N–H and O–H groups in total. The highest BCUT2D eigenvalue weighted by Crippen LogP contribution is 2.28. The Morgan fingerprint density at radius 3 is 2.87 bits per heavy atom. The van der Waals surface area contributed by atoms with E-state index in [9.17, 15) is 9.59 Å². The lowest BCUT2D eigenvalue weighted by atomic mass is 9.88. The van der Waals surface area contributed by atoms with Crippen LogP contribution in [0.3, 0.4) is 0 Å². The van der Waals surface area contributed by atoms with E-state index in [2.05, 4.69) is 17.2 Å². The summed E-state index contributed by atoms with van der Waals surface area (Å²) >= 11 is 1.72. The third-order valence-electron chi connectivity index (χ3n) is 3.67.